The highest BCUT2D eigenvalue weighted by Gasteiger charge is 2.15. The highest BCUT2D eigenvalue weighted by molar-refractivity contribution is 9.09. The van der Waals surface area contributed by atoms with Crippen molar-refractivity contribution >= 4 is 62.1 Å². The van der Waals surface area contributed by atoms with Gasteiger partial charge in [-0.25, -0.2) is 0 Å². The van der Waals surface area contributed by atoms with E-state index in [0.717, 1.165) is 21.3 Å². The molecule has 0 bridgehead atoms. The van der Waals surface area contributed by atoms with Crippen molar-refractivity contribution < 1.29 is 0 Å². The van der Waals surface area contributed by atoms with Crippen molar-refractivity contribution in [2.24, 2.45) is 0 Å². The molecular formula is C12H8BrCl3S. The normalized spacial score (nSPS) is 12.7. The first-order valence-corrected chi connectivity index (χ1v) is 7.76. The van der Waals surface area contributed by atoms with Crippen LogP contribution in [0.5, 0.6) is 0 Å². The minimum absolute atomic E-state index is 0.167. The SMILES string of the molecule is Clc1ccc(CC(Br)c2cc(Cl)sc2Cl)cc1. The van der Waals surface area contributed by atoms with Crippen LogP contribution in [0.25, 0.3) is 0 Å². The zero-order chi connectivity index (χ0) is 12.4. The molecule has 17 heavy (non-hydrogen) atoms. The van der Waals surface area contributed by atoms with Gasteiger partial charge in [0, 0.05) is 9.85 Å². The summed E-state index contributed by atoms with van der Waals surface area (Å²) in [5.74, 6) is 0. The second kappa shape index (κ2) is 5.94. The van der Waals surface area contributed by atoms with E-state index in [1.807, 2.05) is 30.3 Å². The average Bonchev–Trinajstić information content (AvgIpc) is 2.61. The van der Waals surface area contributed by atoms with E-state index in [0.29, 0.717) is 4.34 Å². The number of halogens is 4. The third-order valence-electron chi connectivity index (χ3n) is 2.35. The molecule has 0 N–H and O–H groups in total. The van der Waals surface area contributed by atoms with E-state index in [-0.39, 0.29) is 4.83 Å². The largest absolute Gasteiger partial charge is 0.111 e. The summed E-state index contributed by atoms with van der Waals surface area (Å²) < 4.78 is 1.45. The maximum Gasteiger partial charge on any atom is 0.0987 e. The maximum absolute atomic E-state index is 6.11. The Morgan fingerprint density at radius 2 is 1.76 bits per heavy atom. The molecule has 0 amide bonds. The first kappa shape index (κ1) is 13.7. The van der Waals surface area contributed by atoms with E-state index < -0.39 is 0 Å². The van der Waals surface area contributed by atoms with Crippen molar-refractivity contribution in [2.45, 2.75) is 11.2 Å². The quantitative estimate of drug-likeness (QED) is 0.549. The number of benzene rings is 1. The molecule has 1 heterocycles. The van der Waals surface area contributed by atoms with Crippen LogP contribution in [0.3, 0.4) is 0 Å². The molecule has 5 heteroatoms. The monoisotopic (exact) mass is 368 g/mol. The smallest absolute Gasteiger partial charge is 0.0987 e. The van der Waals surface area contributed by atoms with Crippen molar-refractivity contribution in [1.82, 2.24) is 0 Å². The van der Waals surface area contributed by atoms with Crippen LogP contribution in [0.2, 0.25) is 13.7 Å². The van der Waals surface area contributed by atoms with Crippen molar-refractivity contribution in [3.63, 3.8) is 0 Å². The molecule has 1 aromatic heterocycles. The molecule has 0 aliphatic rings. The predicted octanol–water partition coefficient (Wildman–Crippen LogP) is 6.39. The van der Waals surface area contributed by atoms with Crippen LogP contribution in [-0.2, 0) is 6.42 Å². The fraction of sp³-hybridized carbons (Fsp3) is 0.167. The van der Waals surface area contributed by atoms with Crippen LogP contribution in [0.15, 0.2) is 30.3 Å². The lowest BCUT2D eigenvalue weighted by Crippen LogP contribution is -1.94. The lowest BCUT2D eigenvalue weighted by Gasteiger charge is -2.09. The summed E-state index contributed by atoms with van der Waals surface area (Å²) in [7, 11) is 0. The van der Waals surface area contributed by atoms with Crippen LogP contribution in [-0.4, -0.2) is 0 Å². The molecule has 1 unspecified atom stereocenters. The van der Waals surface area contributed by atoms with Crippen molar-refractivity contribution in [2.75, 3.05) is 0 Å². The van der Waals surface area contributed by atoms with Crippen molar-refractivity contribution in [3.8, 4) is 0 Å². The highest BCUT2D eigenvalue weighted by Crippen LogP contribution is 2.39. The van der Waals surface area contributed by atoms with Gasteiger partial charge in [0.15, 0.2) is 0 Å². The summed E-state index contributed by atoms with van der Waals surface area (Å²) in [6.07, 6.45) is 0.851. The van der Waals surface area contributed by atoms with Gasteiger partial charge in [-0.2, -0.15) is 0 Å². The zero-order valence-electron chi connectivity index (χ0n) is 8.59. The van der Waals surface area contributed by atoms with Crippen LogP contribution < -0.4 is 0 Å². The van der Waals surface area contributed by atoms with Gasteiger partial charge in [0.1, 0.15) is 0 Å². The summed E-state index contributed by atoms with van der Waals surface area (Å²) in [6.45, 7) is 0. The Bertz CT molecular complexity index is 507. The molecular weight excluding hydrogens is 362 g/mol. The molecule has 0 aliphatic carbocycles. The minimum atomic E-state index is 0.167. The maximum atomic E-state index is 6.11. The molecule has 1 atom stereocenters. The third-order valence-corrected chi connectivity index (χ3v) is 4.94. The Hall–Kier alpha value is 0.270. The van der Waals surface area contributed by atoms with Crippen molar-refractivity contribution in [1.29, 1.82) is 0 Å². The Morgan fingerprint density at radius 3 is 2.29 bits per heavy atom. The first-order valence-electron chi connectivity index (χ1n) is 4.89. The van der Waals surface area contributed by atoms with Crippen LogP contribution >= 0.6 is 62.1 Å². The number of hydrogen-bond acceptors (Lipinski definition) is 1. The molecule has 0 saturated carbocycles. The molecule has 0 spiro atoms. The molecule has 1 aromatic carbocycles. The third kappa shape index (κ3) is 3.62. The van der Waals surface area contributed by atoms with E-state index in [1.54, 1.807) is 0 Å². The summed E-state index contributed by atoms with van der Waals surface area (Å²) in [5, 5.41) is 0.747. The van der Waals surface area contributed by atoms with Crippen LogP contribution in [0.4, 0.5) is 0 Å². The summed E-state index contributed by atoms with van der Waals surface area (Å²) >= 11 is 22.9. The second-order valence-electron chi connectivity index (χ2n) is 3.58. The Balaban J connectivity index is 2.14. The Morgan fingerprint density at radius 1 is 1.12 bits per heavy atom. The fourth-order valence-electron chi connectivity index (χ4n) is 1.50. The predicted molar refractivity (Wildman–Crippen MR) is 81.2 cm³/mol. The standard InChI is InChI=1S/C12H8BrCl3S/c13-10(9-6-11(15)17-12(9)16)5-7-1-3-8(14)4-2-7/h1-4,6,10H,5H2. The fourth-order valence-corrected chi connectivity index (χ4v) is 4.23. The van der Waals surface area contributed by atoms with E-state index >= 15 is 0 Å². The number of thiophene rings is 1. The zero-order valence-corrected chi connectivity index (χ0v) is 13.3. The molecule has 0 radical (unpaired) electrons. The minimum Gasteiger partial charge on any atom is -0.111 e. The summed E-state index contributed by atoms with van der Waals surface area (Å²) in [6, 6.07) is 9.71. The van der Waals surface area contributed by atoms with Gasteiger partial charge in [-0.05, 0) is 35.7 Å². The first-order chi connectivity index (χ1) is 8.06. The van der Waals surface area contributed by atoms with Crippen LogP contribution in [0.1, 0.15) is 16.0 Å². The van der Waals surface area contributed by atoms with E-state index in [1.165, 1.54) is 16.9 Å². The van der Waals surface area contributed by atoms with Crippen molar-refractivity contribution in [3.05, 3.63) is 55.2 Å². The molecule has 0 nitrogen and oxygen atoms in total. The van der Waals surface area contributed by atoms with Gasteiger partial charge < -0.3 is 0 Å². The van der Waals surface area contributed by atoms with Gasteiger partial charge in [-0.3, -0.25) is 0 Å². The Kier molecular flexibility index (Phi) is 4.79. The topological polar surface area (TPSA) is 0 Å². The molecule has 0 saturated heterocycles. The number of rotatable bonds is 3. The highest BCUT2D eigenvalue weighted by atomic mass is 79.9. The van der Waals surface area contributed by atoms with Gasteiger partial charge in [0.05, 0.1) is 8.67 Å². The van der Waals surface area contributed by atoms with E-state index in [4.69, 9.17) is 34.8 Å². The van der Waals surface area contributed by atoms with Gasteiger partial charge in [0.25, 0.3) is 0 Å². The number of hydrogen-bond donors (Lipinski definition) is 0. The molecule has 0 aliphatic heterocycles. The molecule has 2 rings (SSSR count). The van der Waals surface area contributed by atoms with Gasteiger partial charge in [0.2, 0.25) is 0 Å². The van der Waals surface area contributed by atoms with Gasteiger partial charge in [-0.15, -0.1) is 11.3 Å². The Labute approximate surface area is 128 Å². The molecule has 90 valence electrons. The lowest BCUT2D eigenvalue weighted by atomic mass is 10.1. The number of alkyl halides is 1. The summed E-state index contributed by atoms with van der Waals surface area (Å²) in [4.78, 5) is 0.167. The van der Waals surface area contributed by atoms with Gasteiger partial charge in [-0.1, -0.05) is 62.9 Å². The second-order valence-corrected chi connectivity index (χ2v) is 7.41. The van der Waals surface area contributed by atoms with E-state index in [2.05, 4.69) is 15.9 Å². The van der Waals surface area contributed by atoms with Crippen LogP contribution in [0, 0.1) is 0 Å². The summed E-state index contributed by atoms with van der Waals surface area (Å²) in [5.41, 5.74) is 2.24. The van der Waals surface area contributed by atoms with E-state index in [9.17, 15) is 0 Å². The van der Waals surface area contributed by atoms with Gasteiger partial charge >= 0.3 is 0 Å². The lowest BCUT2D eigenvalue weighted by molar-refractivity contribution is 0.955. The average molecular weight is 371 g/mol. The molecule has 2 aromatic rings. The molecule has 0 fully saturated rings.